The Bertz CT molecular complexity index is 618. The zero-order chi connectivity index (χ0) is 14.8. The van der Waals surface area contributed by atoms with Gasteiger partial charge in [0.1, 0.15) is 0 Å². The van der Waals surface area contributed by atoms with E-state index in [4.69, 9.17) is 11.6 Å². The fraction of sp³-hybridized carbons (Fsp3) is 0.133. The van der Waals surface area contributed by atoms with Crippen LogP contribution >= 0.6 is 11.6 Å². The van der Waals surface area contributed by atoms with Crippen molar-refractivity contribution in [2.45, 2.75) is 12.6 Å². The summed E-state index contributed by atoms with van der Waals surface area (Å²) in [5, 5.41) is 0.466. The molecule has 0 bridgehead atoms. The van der Waals surface area contributed by atoms with E-state index in [0.29, 0.717) is 10.6 Å². The zero-order valence-corrected chi connectivity index (χ0v) is 11.0. The van der Waals surface area contributed by atoms with Crippen molar-refractivity contribution in [2.24, 2.45) is 0 Å². The van der Waals surface area contributed by atoms with Gasteiger partial charge in [-0.25, -0.2) is 0 Å². The van der Waals surface area contributed by atoms with Crippen LogP contribution in [-0.4, -0.2) is 5.78 Å². The molecular weight excluding hydrogens is 289 g/mol. The van der Waals surface area contributed by atoms with E-state index in [1.165, 1.54) is 12.1 Å². The number of ketones is 1. The van der Waals surface area contributed by atoms with Crippen LogP contribution in [0, 0.1) is 0 Å². The molecule has 0 saturated carbocycles. The predicted molar refractivity (Wildman–Crippen MR) is 70.9 cm³/mol. The monoisotopic (exact) mass is 298 g/mol. The van der Waals surface area contributed by atoms with Gasteiger partial charge in [0.15, 0.2) is 5.78 Å². The molecule has 0 aliphatic rings. The number of carbonyl (C=O) groups excluding carboxylic acids is 1. The highest BCUT2D eigenvalue weighted by molar-refractivity contribution is 6.31. The Morgan fingerprint density at radius 2 is 1.60 bits per heavy atom. The smallest absolute Gasteiger partial charge is 0.294 e. The van der Waals surface area contributed by atoms with Crippen LogP contribution in [0.15, 0.2) is 48.5 Å². The molecule has 0 aliphatic heterocycles. The maximum Gasteiger partial charge on any atom is 0.416 e. The molecule has 104 valence electrons. The van der Waals surface area contributed by atoms with E-state index < -0.39 is 11.7 Å². The molecule has 0 heterocycles. The molecule has 0 spiro atoms. The maximum atomic E-state index is 12.4. The number of carbonyl (C=O) groups is 1. The third-order valence-electron chi connectivity index (χ3n) is 2.84. The van der Waals surface area contributed by atoms with Crippen LogP contribution in [0.4, 0.5) is 13.2 Å². The molecule has 0 fully saturated rings. The Morgan fingerprint density at radius 1 is 1.00 bits per heavy atom. The van der Waals surface area contributed by atoms with E-state index in [-0.39, 0.29) is 17.8 Å². The number of benzene rings is 2. The third kappa shape index (κ3) is 3.39. The molecule has 0 aliphatic carbocycles. The summed E-state index contributed by atoms with van der Waals surface area (Å²) in [6.45, 7) is 0. The van der Waals surface area contributed by atoms with Crippen LogP contribution in [0.5, 0.6) is 0 Å². The second-order valence-electron chi connectivity index (χ2n) is 4.27. The molecule has 0 aromatic heterocycles. The van der Waals surface area contributed by atoms with Gasteiger partial charge in [-0.3, -0.25) is 4.79 Å². The second-order valence-corrected chi connectivity index (χ2v) is 4.67. The molecule has 2 rings (SSSR count). The van der Waals surface area contributed by atoms with Gasteiger partial charge < -0.3 is 0 Å². The van der Waals surface area contributed by atoms with Gasteiger partial charge in [0.05, 0.1) is 5.56 Å². The van der Waals surface area contributed by atoms with Gasteiger partial charge in [0.2, 0.25) is 0 Å². The van der Waals surface area contributed by atoms with E-state index >= 15 is 0 Å². The maximum absolute atomic E-state index is 12.4. The van der Waals surface area contributed by atoms with Crippen molar-refractivity contribution in [2.75, 3.05) is 0 Å². The first kappa shape index (κ1) is 14.6. The Hall–Kier alpha value is -1.81. The van der Waals surface area contributed by atoms with Gasteiger partial charge >= 0.3 is 6.18 Å². The van der Waals surface area contributed by atoms with Gasteiger partial charge in [0, 0.05) is 17.0 Å². The quantitative estimate of drug-likeness (QED) is 0.745. The lowest BCUT2D eigenvalue weighted by atomic mass is 10.0. The molecule has 0 amide bonds. The van der Waals surface area contributed by atoms with E-state index in [2.05, 4.69) is 0 Å². The summed E-state index contributed by atoms with van der Waals surface area (Å²) < 4.78 is 37.3. The summed E-state index contributed by atoms with van der Waals surface area (Å²) in [4.78, 5) is 12.0. The molecule has 2 aromatic carbocycles. The molecule has 20 heavy (non-hydrogen) atoms. The number of hydrogen-bond donors (Lipinski definition) is 0. The minimum Gasteiger partial charge on any atom is -0.294 e. The molecule has 0 unspecified atom stereocenters. The standard InChI is InChI=1S/C15H10ClF3O/c16-13-4-2-1-3-11(13)9-14(20)10-5-7-12(8-6-10)15(17,18)19/h1-8H,9H2. The number of Topliss-reactive ketones (excluding diaryl/α,β-unsaturated/α-hetero) is 1. The summed E-state index contributed by atoms with van der Waals surface area (Å²) in [6, 6.07) is 11.0. The second kappa shape index (κ2) is 5.67. The van der Waals surface area contributed by atoms with E-state index in [9.17, 15) is 18.0 Å². The Labute approximate surface area is 119 Å². The third-order valence-corrected chi connectivity index (χ3v) is 3.21. The Kier molecular flexibility index (Phi) is 4.14. The fourth-order valence-electron chi connectivity index (χ4n) is 1.76. The summed E-state index contributed by atoms with van der Waals surface area (Å²) in [5.41, 5.74) is 0.115. The van der Waals surface area contributed by atoms with Crippen molar-refractivity contribution in [1.29, 1.82) is 0 Å². The van der Waals surface area contributed by atoms with Gasteiger partial charge in [-0.05, 0) is 23.8 Å². The lowest BCUT2D eigenvalue weighted by Crippen LogP contribution is -2.07. The fourth-order valence-corrected chi connectivity index (χ4v) is 1.96. The normalized spacial score (nSPS) is 11.4. The van der Waals surface area contributed by atoms with Crippen molar-refractivity contribution in [3.63, 3.8) is 0 Å². The van der Waals surface area contributed by atoms with E-state index in [0.717, 1.165) is 12.1 Å². The highest BCUT2D eigenvalue weighted by Crippen LogP contribution is 2.29. The molecular formula is C15H10ClF3O. The number of rotatable bonds is 3. The van der Waals surface area contributed by atoms with Crippen molar-refractivity contribution in [3.05, 3.63) is 70.2 Å². The molecule has 5 heteroatoms. The Balaban J connectivity index is 2.16. The minimum atomic E-state index is -4.40. The average molecular weight is 299 g/mol. The lowest BCUT2D eigenvalue weighted by molar-refractivity contribution is -0.137. The summed E-state index contributed by atoms with van der Waals surface area (Å²) in [6.07, 6.45) is -4.34. The zero-order valence-electron chi connectivity index (χ0n) is 10.2. The van der Waals surface area contributed by atoms with Crippen LogP contribution in [-0.2, 0) is 12.6 Å². The van der Waals surface area contributed by atoms with Gasteiger partial charge in [-0.1, -0.05) is 41.9 Å². The first-order chi connectivity index (χ1) is 9.38. The molecule has 0 radical (unpaired) electrons. The lowest BCUT2D eigenvalue weighted by Gasteiger charge is -2.07. The van der Waals surface area contributed by atoms with Crippen LogP contribution in [0.1, 0.15) is 21.5 Å². The van der Waals surface area contributed by atoms with Gasteiger partial charge in [-0.15, -0.1) is 0 Å². The van der Waals surface area contributed by atoms with Gasteiger partial charge in [-0.2, -0.15) is 13.2 Å². The highest BCUT2D eigenvalue weighted by Gasteiger charge is 2.30. The molecule has 2 aromatic rings. The number of hydrogen-bond acceptors (Lipinski definition) is 1. The van der Waals surface area contributed by atoms with Crippen LogP contribution < -0.4 is 0 Å². The molecule has 0 saturated heterocycles. The van der Waals surface area contributed by atoms with Crippen LogP contribution in [0.2, 0.25) is 5.02 Å². The van der Waals surface area contributed by atoms with Crippen molar-refractivity contribution >= 4 is 17.4 Å². The minimum absolute atomic E-state index is 0.0606. The summed E-state index contributed by atoms with van der Waals surface area (Å²) >= 11 is 5.94. The van der Waals surface area contributed by atoms with Gasteiger partial charge in [0.25, 0.3) is 0 Å². The van der Waals surface area contributed by atoms with Crippen molar-refractivity contribution in [1.82, 2.24) is 0 Å². The number of alkyl halides is 3. The molecule has 1 nitrogen and oxygen atoms in total. The summed E-state index contributed by atoms with van der Waals surface area (Å²) in [7, 11) is 0. The van der Waals surface area contributed by atoms with E-state index in [1.54, 1.807) is 24.3 Å². The first-order valence-corrected chi connectivity index (χ1v) is 6.19. The Morgan fingerprint density at radius 3 is 2.15 bits per heavy atom. The molecule has 0 atom stereocenters. The van der Waals surface area contributed by atoms with Crippen molar-refractivity contribution in [3.8, 4) is 0 Å². The number of halogens is 4. The highest BCUT2D eigenvalue weighted by atomic mass is 35.5. The van der Waals surface area contributed by atoms with Crippen LogP contribution in [0.3, 0.4) is 0 Å². The van der Waals surface area contributed by atoms with Crippen molar-refractivity contribution < 1.29 is 18.0 Å². The summed E-state index contributed by atoms with van der Waals surface area (Å²) in [5.74, 6) is -0.271. The largest absolute Gasteiger partial charge is 0.416 e. The van der Waals surface area contributed by atoms with Crippen LogP contribution in [0.25, 0.3) is 0 Å². The predicted octanol–water partition coefficient (Wildman–Crippen LogP) is 4.78. The first-order valence-electron chi connectivity index (χ1n) is 5.82. The van der Waals surface area contributed by atoms with E-state index in [1.807, 2.05) is 0 Å². The average Bonchev–Trinajstić information content (AvgIpc) is 2.40. The molecule has 0 N–H and O–H groups in total. The topological polar surface area (TPSA) is 17.1 Å². The SMILES string of the molecule is O=C(Cc1ccccc1Cl)c1ccc(C(F)(F)F)cc1.